The molecule has 7 heterocycles. The molecule has 3 amide bonds. The quantitative estimate of drug-likeness (QED) is 0.213. The van der Waals surface area contributed by atoms with E-state index in [4.69, 9.17) is 10.1 Å². The van der Waals surface area contributed by atoms with Crippen molar-refractivity contribution in [1.29, 1.82) is 0 Å². The van der Waals surface area contributed by atoms with Crippen molar-refractivity contribution in [2.75, 3.05) is 54.4 Å². The van der Waals surface area contributed by atoms with Crippen LogP contribution in [0.3, 0.4) is 0 Å². The van der Waals surface area contributed by atoms with E-state index >= 15 is 0 Å². The van der Waals surface area contributed by atoms with Crippen LogP contribution in [0.5, 0.6) is 0 Å². The number of hydrogen-bond acceptors (Lipinski definition) is 11. The molecule has 2 aromatic carbocycles. The lowest BCUT2D eigenvalue weighted by Gasteiger charge is -2.35. The standard InChI is InChI=1S/C40H38FN11O3/c41-28-5-1-4-26(22-28)38-43-14-3-16-50(38)36-12-11-34-44-24-33(52(34)47-36)31-6-2-7-35(45-31)49-20-18-48(19-21-49)17-15-42-29-8-9-30-27(23-29)25-51(40(30)55)32-10-13-37(53)46-39(32)54/h1-9,11-12,14,16,22-24,32,38,42H,10,13,15,17-21,25H2,(H,46,53,54)/t32?,38-/m1/s1. The molecule has 9 rings (SSSR count). The number of benzene rings is 2. The van der Waals surface area contributed by atoms with Gasteiger partial charge in [0.1, 0.15) is 23.4 Å². The molecule has 3 aromatic heterocycles. The van der Waals surface area contributed by atoms with E-state index in [1.165, 1.54) is 12.1 Å². The number of imide groups is 1. The van der Waals surface area contributed by atoms with Gasteiger partial charge < -0.3 is 20.0 Å². The summed E-state index contributed by atoms with van der Waals surface area (Å²) in [6.07, 6.45) is 7.33. The smallest absolute Gasteiger partial charge is 0.255 e. The molecule has 0 bridgehead atoms. The average molecular weight is 740 g/mol. The largest absolute Gasteiger partial charge is 0.384 e. The van der Waals surface area contributed by atoms with Crippen LogP contribution in [0.2, 0.25) is 0 Å². The van der Waals surface area contributed by atoms with Gasteiger partial charge >= 0.3 is 0 Å². The number of fused-ring (bicyclic) bond motifs is 2. The monoisotopic (exact) mass is 739 g/mol. The van der Waals surface area contributed by atoms with Gasteiger partial charge in [-0.1, -0.05) is 18.2 Å². The van der Waals surface area contributed by atoms with Gasteiger partial charge in [0.15, 0.2) is 17.6 Å². The predicted molar refractivity (Wildman–Crippen MR) is 205 cm³/mol. The summed E-state index contributed by atoms with van der Waals surface area (Å²) in [5.74, 6) is 0.341. The number of carbonyl (C=O) groups is 3. The Morgan fingerprint density at radius 3 is 2.65 bits per heavy atom. The highest BCUT2D eigenvalue weighted by Crippen LogP contribution is 2.32. The second kappa shape index (κ2) is 14.4. The van der Waals surface area contributed by atoms with Gasteiger partial charge in [-0.2, -0.15) is 0 Å². The summed E-state index contributed by atoms with van der Waals surface area (Å²) in [5, 5.41) is 10.8. The molecule has 278 valence electrons. The minimum absolute atomic E-state index is 0.170. The molecule has 2 fully saturated rings. The van der Waals surface area contributed by atoms with E-state index in [1.54, 1.807) is 27.9 Å². The number of aliphatic imine (C=N–C) groups is 1. The van der Waals surface area contributed by atoms with Crippen LogP contribution in [0.15, 0.2) is 96.3 Å². The Bertz CT molecular complexity index is 2370. The number of carbonyl (C=O) groups excluding carboxylic acids is 3. The summed E-state index contributed by atoms with van der Waals surface area (Å²) in [5.41, 5.74) is 5.33. The number of hydrogen-bond donors (Lipinski definition) is 2. The first kappa shape index (κ1) is 34.3. The van der Waals surface area contributed by atoms with E-state index in [0.29, 0.717) is 30.0 Å². The fourth-order valence-corrected chi connectivity index (χ4v) is 7.69. The summed E-state index contributed by atoms with van der Waals surface area (Å²) < 4.78 is 15.9. The number of nitrogens with zero attached hydrogens (tertiary/aromatic N) is 9. The second-order valence-electron chi connectivity index (χ2n) is 14.0. The number of nitrogens with one attached hydrogen (secondary N) is 2. The van der Waals surface area contributed by atoms with Gasteiger partial charge in [-0.25, -0.2) is 18.9 Å². The molecule has 0 saturated carbocycles. The summed E-state index contributed by atoms with van der Waals surface area (Å²) in [6.45, 7) is 5.36. The van der Waals surface area contributed by atoms with Gasteiger partial charge in [-0.05, 0) is 78.2 Å². The normalized spacial score (nSPS) is 20.0. The molecule has 2 saturated heterocycles. The van der Waals surface area contributed by atoms with Crippen molar-refractivity contribution in [3.8, 4) is 11.4 Å². The SMILES string of the molecule is O=C1CCC(N2Cc3cc(NCCN4CCN(c5cccc(-c6cnc7ccc(N8C=CC=N[C@H]8c8cccc(F)c8)nn67)n5)CC4)ccc3C2=O)C(=O)N1. The van der Waals surface area contributed by atoms with Crippen LogP contribution in [0.1, 0.15) is 40.5 Å². The first-order chi connectivity index (χ1) is 26.9. The van der Waals surface area contributed by atoms with Crippen LogP contribution in [0.4, 0.5) is 21.7 Å². The number of piperazine rings is 1. The fraction of sp³-hybridized carbons (Fsp3) is 0.275. The Labute approximate surface area is 316 Å². The third-order valence-corrected chi connectivity index (χ3v) is 10.6. The zero-order chi connectivity index (χ0) is 37.5. The van der Waals surface area contributed by atoms with Crippen molar-refractivity contribution in [2.45, 2.75) is 31.6 Å². The molecule has 15 heteroatoms. The zero-order valence-electron chi connectivity index (χ0n) is 29.9. The first-order valence-electron chi connectivity index (χ1n) is 18.4. The zero-order valence-corrected chi connectivity index (χ0v) is 29.9. The Balaban J connectivity index is 0.815. The molecule has 0 spiro atoms. The lowest BCUT2D eigenvalue weighted by molar-refractivity contribution is -0.136. The van der Waals surface area contributed by atoms with Gasteiger partial charge in [-0.3, -0.25) is 29.6 Å². The predicted octanol–water partition coefficient (Wildman–Crippen LogP) is 4.03. The molecule has 4 aliphatic heterocycles. The summed E-state index contributed by atoms with van der Waals surface area (Å²) >= 11 is 0. The highest BCUT2D eigenvalue weighted by atomic mass is 19.1. The topological polar surface area (TPSA) is 144 Å². The van der Waals surface area contributed by atoms with Gasteiger partial charge in [0.2, 0.25) is 11.8 Å². The van der Waals surface area contributed by atoms with Crippen molar-refractivity contribution < 1.29 is 18.8 Å². The maximum absolute atomic E-state index is 14.1. The van der Waals surface area contributed by atoms with E-state index < -0.39 is 18.1 Å². The van der Waals surface area contributed by atoms with E-state index in [2.05, 4.69) is 30.4 Å². The van der Waals surface area contributed by atoms with Crippen LogP contribution in [0.25, 0.3) is 17.0 Å². The Morgan fingerprint density at radius 2 is 1.80 bits per heavy atom. The molecule has 4 aliphatic rings. The minimum atomic E-state index is -0.622. The number of allylic oxidation sites excluding steroid dienone is 1. The molecule has 2 N–H and O–H groups in total. The molecule has 2 atom stereocenters. The van der Waals surface area contributed by atoms with Crippen LogP contribution < -0.4 is 20.4 Å². The van der Waals surface area contributed by atoms with Crippen LogP contribution in [0, 0.1) is 5.82 Å². The number of amides is 3. The Kier molecular flexibility index (Phi) is 8.98. The second-order valence-corrected chi connectivity index (χ2v) is 14.0. The summed E-state index contributed by atoms with van der Waals surface area (Å²) in [7, 11) is 0. The summed E-state index contributed by atoms with van der Waals surface area (Å²) in [4.78, 5) is 59.5. The molecule has 5 aromatic rings. The van der Waals surface area contributed by atoms with Crippen LogP contribution in [-0.4, -0.2) is 98.6 Å². The molecule has 0 radical (unpaired) electrons. The third-order valence-electron chi connectivity index (χ3n) is 10.6. The minimum Gasteiger partial charge on any atom is -0.384 e. The number of anilines is 3. The van der Waals surface area contributed by atoms with Gasteiger partial charge in [-0.15, -0.1) is 5.10 Å². The Hall–Kier alpha value is -6.48. The maximum atomic E-state index is 14.1. The lowest BCUT2D eigenvalue weighted by Crippen LogP contribution is -2.52. The van der Waals surface area contributed by atoms with Crippen molar-refractivity contribution in [3.63, 3.8) is 0 Å². The number of pyridine rings is 1. The Morgan fingerprint density at radius 1 is 0.927 bits per heavy atom. The number of rotatable bonds is 9. The highest BCUT2D eigenvalue weighted by molar-refractivity contribution is 6.05. The molecule has 0 aliphatic carbocycles. The fourth-order valence-electron chi connectivity index (χ4n) is 7.69. The van der Waals surface area contributed by atoms with Gasteiger partial charge in [0.05, 0.1) is 11.9 Å². The van der Waals surface area contributed by atoms with Crippen LogP contribution >= 0.6 is 0 Å². The van der Waals surface area contributed by atoms with Crippen molar-refractivity contribution in [1.82, 2.24) is 34.7 Å². The van der Waals surface area contributed by atoms with Crippen molar-refractivity contribution in [2.24, 2.45) is 4.99 Å². The van der Waals surface area contributed by atoms with E-state index in [9.17, 15) is 18.8 Å². The average Bonchev–Trinajstić information content (AvgIpc) is 3.78. The van der Waals surface area contributed by atoms with Crippen molar-refractivity contribution in [3.05, 3.63) is 114 Å². The van der Waals surface area contributed by atoms with Crippen molar-refractivity contribution >= 4 is 46.9 Å². The number of imidazole rings is 1. The van der Waals surface area contributed by atoms with E-state index in [1.807, 2.05) is 71.8 Å². The molecular weight excluding hydrogens is 702 g/mol. The molecule has 14 nitrogen and oxygen atoms in total. The molecule has 55 heavy (non-hydrogen) atoms. The number of piperidine rings is 1. The lowest BCUT2D eigenvalue weighted by atomic mass is 10.0. The van der Waals surface area contributed by atoms with E-state index in [-0.39, 0.29) is 24.1 Å². The van der Waals surface area contributed by atoms with E-state index in [0.717, 1.165) is 73.3 Å². The van der Waals surface area contributed by atoms with Gasteiger partial charge in [0, 0.05) is 75.9 Å². The van der Waals surface area contributed by atoms with Crippen LogP contribution in [-0.2, 0) is 16.1 Å². The number of halogens is 1. The first-order valence-corrected chi connectivity index (χ1v) is 18.4. The highest BCUT2D eigenvalue weighted by Gasteiger charge is 2.39. The van der Waals surface area contributed by atoms with Gasteiger partial charge in [0.25, 0.3) is 5.91 Å². The molecular formula is C40H38FN11O3. The summed E-state index contributed by atoms with van der Waals surface area (Å²) in [6, 6.07) is 21.3. The number of aromatic nitrogens is 4. The third kappa shape index (κ3) is 6.78. The molecule has 1 unspecified atom stereocenters. The maximum Gasteiger partial charge on any atom is 0.255 e.